The Morgan fingerprint density at radius 1 is 1.00 bits per heavy atom. The van der Waals surface area contributed by atoms with Crippen molar-refractivity contribution in [1.82, 2.24) is 19.6 Å². The summed E-state index contributed by atoms with van der Waals surface area (Å²) < 4.78 is 8.82. The van der Waals surface area contributed by atoms with Crippen molar-refractivity contribution < 1.29 is 9.21 Å². The van der Waals surface area contributed by atoms with E-state index in [1.165, 1.54) is 0 Å². The number of carbonyl (C=O) groups excluding carboxylic acids is 1. The normalized spacial score (nSPS) is 11.0. The van der Waals surface area contributed by atoms with Gasteiger partial charge in [-0.05, 0) is 30.3 Å². The molecule has 0 saturated carbocycles. The number of hydrogen-bond acceptors (Lipinski definition) is 4. The molecule has 0 fully saturated rings. The van der Waals surface area contributed by atoms with Gasteiger partial charge in [0.15, 0.2) is 11.6 Å². The Kier molecular flexibility index (Phi) is 5.62. The van der Waals surface area contributed by atoms with Crippen molar-refractivity contribution in [2.75, 3.05) is 5.32 Å². The molecule has 3 aromatic heterocycles. The van der Waals surface area contributed by atoms with Gasteiger partial charge < -0.3 is 9.73 Å². The maximum atomic E-state index is 12.5. The molecule has 1 amide bonds. The highest BCUT2D eigenvalue weighted by Crippen LogP contribution is 2.27. The zero-order chi connectivity index (χ0) is 20.4. The maximum absolute atomic E-state index is 12.5. The van der Waals surface area contributed by atoms with Gasteiger partial charge in [0, 0.05) is 34.2 Å². The first kappa shape index (κ1) is 19.6. The topological polar surface area (TPSA) is 77.9 Å². The van der Waals surface area contributed by atoms with Crippen LogP contribution < -0.4 is 5.32 Å². The van der Waals surface area contributed by atoms with Crippen LogP contribution in [0.15, 0.2) is 59.4 Å². The van der Waals surface area contributed by atoms with Crippen LogP contribution in [0.1, 0.15) is 21.9 Å². The number of nitrogens with one attached hydrogen (secondary N) is 1. The van der Waals surface area contributed by atoms with Gasteiger partial charge in [0.2, 0.25) is 0 Å². The monoisotopic (exact) mass is 449 g/mol. The van der Waals surface area contributed by atoms with Crippen molar-refractivity contribution in [3.8, 4) is 0 Å². The molecular weight excluding hydrogens is 437 g/mol. The lowest BCUT2D eigenvalue weighted by Gasteiger charge is -2.06. The van der Waals surface area contributed by atoms with E-state index in [0.717, 1.165) is 0 Å². The van der Waals surface area contributed by atoms with E-state index in [-0.39, 0.29) is 16.6 Å². The minimum Gasteiger partial charge on any atom is -0.454 e. The van der Waals surface area contributed by atoms with Crippen molar-refractivity contribution in [1.29, 1.82) is 0 Å². The van der Waals surface area contributed by atoms with Crippen molar-refractivity contribution in [2.24, 2.45) is 0 Å². The van der Waals surface area contributed by atoms with Crippen LogP contribution in [0.2, 0.25) is 15.1 Å². The second-order valence-corrected chi connectivity index (χ2v) is 7.37. The summed E-state index contributed by atoms with van der Waals surface area (Å²) >= 11 is 18.6. The smallest absolute Gasteiger partial charge is 0.292 e. The fourth-order valence-electron chi connectivity index (χ4n) is 2.72. The lowest BCUT2D eigenvalue weighted by Crippen LogP contribution is -2.12. The summed E-state index contributed by atoms with van der Waals surface area (Å²) in [4.78, 5) is 12.5. The number of furan rings is 1. The van der Waals surface area contributed by atoms with Gasteiger partial charge in [-0.2, -0.15) is 10.2 Å². The van der Waals surface area contributed by atoms with Gasteiger partial charge in [0.05, 0.1) is 13.1 Å². The molecule has 0 unspecified atom stereocenters. The number of nitrogens with zero attached hydrogens (tertiary/aromatic N) is 4. The van der Waals surface area contributed by atoms with Gasteiger partial charge in [0.25, 0.3) is 5.91 Å². The quantitative estimate of drug-likeness (QED) is 0.449. The summed E-state index contributed by atoms with van der Waals surface area (Å²) in [6.07, 6.45) is 5.06. The van der Waals surface area contributed by atoms with Crippen LogP contribution in [-0.2, 0) is 13.1 Å². The van der Waals surface area contributed by atoms with Gasteiger partial charge in [-0.1, -0.05) is 40.9 Å². The van der Waals surface area contributed by atoms with Crippen LogP contribution in [0.5, 0.6) is 0 Å². The average molecular weight is 451 g/mol. The van der Waals surface area contributed by atoms with E-state index in [1.807, 2.05) is 6.07 Å². The predicted molar refractivity (Wildman–Crippen MR) is 111 cm³/mol. The average Bonchev–Trinajstić information content (AvgIpc) is 3.42. The molecule has 0 aliphatic carbocycles. The molecule has 29 heavy (non-hydrogen) atoms. The van der Waals surface area contributed by atoms with Crippen LogP contribution in [0.25, 0.3) is 0 Å². The highest BCUT2D eigenvalue weighted by molar-refractivity contribution is 6.36. The van der Waals surface area contributed by atoms with E-state index in [2.05, 4.69) is 15.5 Å². The minimum atomic E-state index is -0.459. The highest BCUT2D eigenvalue weighted by Gasteiger charge is 2.17. The summed E-state index contributed by atoms with van der Waals surface area (Å²) in [6, 6.07) is 10.4. The Balaban J connectivity index is 1.46. The first-order chi connectivity index (χ1) is 14.0. The Morgan fingerprint density at radius 3 is 2.52 bits per heavy atom. The van der Waals surface area contributed by atoms with Crippen molar-refractivity contribution in [2.45, 2.75) is 13.1 Å². The molecule has 0 aliphatic rings. The molecule has 3 heterocycles. The minimum absolute atomic E-state index is 0.145. The third-order valence-electron chi connectivity index (χ3n) is 4.09. The Labute approximate surface area is 180 Å². The number of anilines is 1. The predicted octanol–water partition coefficient (Wildman–Crippen LogP) is 4.98. The second-order valence-electron chi connectivity index (χ2n) is 6.15. The maximum Gasteiger partial charge on any atom is 0.292 e. The fraction of sp³-hybridized carbons (Fsp3) is 0.105. The van der Waals surface area contributed by atoms with Crippen molar-refractivity contribution in [3.05, 3.63) is 87.1 Å². The SMILES string of the molecule is O=C(Nc1nn(Cc2c(Cl)cccc2Cl)cc1Cl)c1ccc(Cn2cccn2)o1. The molecule has 0 atom stereocenters. The van der Waals surface area contributed by atoms with E-state index in [4.69, 9.17) is 39.2 Å². The number of carbonyl (C=O) groups is 1. The number of amides is 1. The number of halogens is 3. The third kappa shape index (κ3) is 4.48. The van der Waals surface area contributed by atoms with E-state index in [1.54, 1.807) is 58.3 Å². The van der Waals surface area contributed by atoms with Crippen LogP contribution in [0, 0.1) is 0 Å². The van der Waals surface area contributed by atoms with E-state index >= 15 is 0 Å². The Bertz CT molecular complexity index is 1130. The molecule has 1 aromatic carbocycles. The zero-order valence-corrected chi connectivity index (χ0v) is 17.1. The molecule has 0 radical (unpaired) electrons. The Hall–Kier alpha value is -2.74. The van der Waals surface area contributed by atoms with Gasteiger partial charge in [0.1, 0.15) is 10.8 Å². The number of hydrogen-bond donors (Lipinski definition) is 1. The molecular formula is C19H14Cl3N5O2. The van der Waals surface area contributed by atoms with Gasteiger partial charge >= 0.3 is 0 Å². The second kappa shape index (κ2) is 8.32. The van der Waals surface area contributed by atoms with Gasteiger partial charge in [-0.25, -0.2) is 0 Å². The van der Waals surface area contributed by atoms with Crippen LogP contribution >= 0.6 is 34.8 Å². The molecule has 4 aromatic rings. The van der Waals surface area contributed by atoms with E-state index in [0.29, 0.717) is 34.5 Å². The molecule has 0 aliphatic heterocycles. The lowest BCUT2D eigenvalue weighted by atomic mass is 10.2. The third-order valence-corrected chi connectivity index (χ3v) is 5.08. The molecule has 7 nitrogen and oxygen atoms in total. The van der Waals surface area contributed by atoms with Gasteiger partial charge in [-0.3, -0.25) is 14.2 Å². The molecule has 0 saturated heterocycles. The van der Waals surface area contributed by atoms with Crippen molar-refractivity contribution in [3.63, 3.8) is 0 Å². The summed E-state index contributed by atoms with van der Waals surface area (Å²) in [5, 5.41) is 12.4. The first-order valence-corrected chi connectivity index (χ1v) is 9.66. The summed E-state index contributed by atoms with van der Waals surface area (Å²) in [5.74, 6) is 0.500. The largest absolute Gasteiger partial charge is 0.454 e. The number of rotatable bonds is 6. The number of aromatic nitrogens is 4. The lowest BCUT2D eigenvalue weighted by molar-refractivity contribution is 0.0994. The molecule has 0 spiro atoms. The highest BCUT2D eigenvalue weighted by atomic mass is 35.5. The number of benzene rings is 1. The standard InChI is InChI=1S/C19H14Cl3N5O2/c20-14-3-1-4-15(21)13(14)10-27-11-16(22)18(25-27)24-19(28)17-6-5-12(29-17)9-26-8-2-7-23-26/h1-8,11H,9-10H2,(H,24,25,28). The summed E-state index contributed by atoms with van der Waals surface area (Å²) in [5.41, 5.74) is 0.710. The first-order valence-electron chi connectivity index (χ1n) is 8.53. The van der Waals surface area contributed by atoms with E-state index < -0.39 is 5.91 Å². The van der Waals surface area contributed by atoms with Crippen LogP contribution in [0.3, 0.4) is 0 Å². The fourth-order valence-corrected chi connectivity index (χ4v) is 3.43. The Morgan fingerprint density at radius 2 is 1.79 bits per heavy atom. The van der Waals surface area contributed by atoms with Crippen molar-refractivity contribution >= 4 is 46.5 Å². The van der Waals surface area contributed by atoms with Crippen LogP contribution in [-0.4, -0.2) is 25.5 Å². The molecule has 10 heteroatoms. The van der Waals surface area contributed by atoms with E-state index in [9.17, 15) is 4.79 Å². The van der Waals surface area contributed by atoms with Gasteiger partial charge in [-0.15, -0.1) is 0 Å². The molecule has 4 rings (SSSR count). The zero-order valence-electron chi connectivity index (χ0n) is 14.8. The molecule has 0 bridgehead atoms. The van der Waals surface area contributed by atoms with Crippen LogP contribution in [0.4, 0.5) is 5.82 Å². The summed E-state index contributed by atoms with van der Waals surface area (Å²) in [6.45, 7) is 0.733. The molecule has 148 valence electrons. The molecule has 1 N–H and O–H groups in total. The summed E-state index contributed by atoms with van der Waals surface area (Å²) in [7, 11) is 0.